The lowest BCUT2D eigenvalue weighted by atomic mass is 10.1. The van der Waals surface area contributed by atoms with Gasteiger partial charge in [-0.05, 0) is 19.1 Å². The lowest BCUT2D eigenvalue weighted by Crippen LogP contribution is -2.27. The molecule has 0 amide bonds. The van der Waals surface area contributed by atoms with E-state index in [4.69, 9.17) is 11.6 Å². The molecule has 1 aromatic rings. The number of nitrogens with one attached hydrogen (secondary N) is 1. The molecule has 0 saturated carbocycles. The van der Waals surface area contributed by atoms with E-state index < -0.39 is 6.04 Å². The first-order valence-corrected chi connectivity index (χ1v) is 3.70. The number of ketones is 1. The third-order valence-electron chi connectivity index (χ3n) is 1.53. The number of Topliss-reactive ketones (excluding diaryl/α,β-unsaturated/α-hetero) is 1. The van der Waals surface area contributed by atoms with Crippen molar-refractivity contribution in [2.75, 3.05) is 5.43 Å². The predicted molar refractivity (Wildman–Crippen MR) is 49.7 cm³/mol. The number of rotatable bonds is 3. The molecule has 5 N–H and O–H groups in total. The first kappa shape index (κ1) is 9.63. The molecule has 1 aromatic heterocycles. The molecule has 0 bridgehead atoms. The number of carbonyl (C=O) groups is 1. The van der Waals surface area contributed by atoms with E-state index in [9.17, 15) is 4.79 Å². The first-order valence-electron chi connectivity index (χ1n) is 3.70. The summed E-state index contributed by atoms with van der Waals surface area (Å²) in [6.07, 6.45) is 1.41. The number of nitrogens with two attached hydrogens (primary N) is 2. The van der Waals surface area contributed by atoms with Crippen molar-refractivity contribution in [2.24, 2.45) is 11.6 Å². The lowest BCUT2D eigenvalue weighted by Gasteiger charge is -2.04. The van der Waals surface area contributed by atoms with Gasteiger partial charge in [0.1, 0.15) is 5.82 Å². The summed E-state index contributed by atoms with van der Waals surface area (Å²) in [5, 5.41) is 0. The fraction of sp³-hybridized carbons (Fsp3) is 0.125. The van der Waals surface area contributed by atoms with Gasteiger partial charge in [0.25, 0.3) is 0 Å². The van der Waals surface area contributed by atoms with Crippen LogP contribution in [0.5, 0.6) is 0 Å². The fourth-order valence-electron chi connectivity index (χ4n) is 0.839. The van der Waals surface area contributed by atoms with E-state index >= 15 is 0 Å². The summed E-state index contributed by atoms with van der Waals surface area (Å²) < 4.78 is 0. The molecule has 0 aliphatic rings. The standard InChI is InChI=1S/C8H11N4O/c1-5(9)8(13)6-2-3-7(12-10)11-4-6/h2-5H,1,9-10H2,(H,11,12). The van der Waals surface area contributed by atoms with Gasteiger partial charge in [0.05, 0.1) is 6.04 Å². The minimum absolute atomic E-state index is 0.240. The van der Waals surface area contributed by atoms with Gasteiger partial charge in [0, 0.05) is 11.8 Å². The zero-order chi connectivity index (χ0) is 9.84. The molecule has 1 radical (unpaired) electrons. The number of anilines is 1. The highest BCUT2D eigenvalue weighted by molar-refractivity contribution is 6.00. The van der Waals surface area contributed by atoms with E-state index in [2.05, 4.69) is 17.3 Å². The topological polar surface area (TPSA) is 94.0 Å². The van der Waals surface area contributed by atoms with Gasteiger partial charge in [-0.1, -0.05) is 0 Å². The smallest absolute Gasteiger partial charge is 0.181 e. The number of nitrogens with zero attached hydrogens (tertiary/aromatic N) is 1. The van der Waals surface area contributed by atoms with E-state index in [0.29, 0.717) is 11.4 Å². The molecule has 0 aliphatic carbocycles. The van der Waals surface area contributed by atoms with Crippen LogP contribution < -0.4 is 17.0 Å². The number of hydrogen-bond acceptors (Lipinski definition) is 5. The van der Waals surface area contributed by atoms with Crippen LogP contribution >= 0.6 is 0 Å². The molecule has 0 fully saturated rings. The Morgan fingerprint density at radius 1 is 1.62 bits per heavy atom. The molecule has 1 atom stereocenters. The van der Waals surface area contributed by atoms with Crippen LogP contribution in [0.3, 0.4) is 0 Å². The largest absolute Gasteiger partial charge is 0.321 e. The van der Waals surface area contributed by atoms with E-state index in [1.54, 1.807) is 12.1 Å². The Morgan fingerprint density at radius 3 is 2.69 bits per heavy atom. The number of hydrogen-bond donors (Lipinski definition) is 3. The van der Waals surface area contributed by atoms with E-state index in [0.717, 1.165) is 0 Å². The molecule has 13 heavy (non-hydrogen) atoms. The number of pyridine rings is 1. The quantitative estimate of drug-likeness (QED) is 0.337. The summed E-state index contributed by atoms with van der Waals surface area (Å²) in [6, 6.07) is 2.43. The van der Waals surface area contributed by atoms with Crippen molar-refractivity contribution in [1.82, 2.24) is 4.98 Å². The third-order valence-corrected chi connectivity index (χ3v) is 1.53. The Kier molecular flexibility index (Phi) is 2.94. The first-order chi connectivity index (χ1) is 6.15. The maximum absolute atomic E-state index is 11.3. The van der Waals surface area contributed by atoms with Crippen LogP contribution in [0.2, 0.25) is 0 Å². The minimum Gasteiger partial charge on any atom is -0.321 e. The molecular weight excluding hydrogens is 168 g/mol. The van der Waals surface area contributed by atoms with Gasteiger partial charge in [-0.15, -0.1) is 0 Å². The molecule has 0 aliphatic heterocycles. The fourth-order valence-corrected chi connectivity index (χ4v) is 0.839. The summed E-state index contributed by atoms with van der Waals surface area (Å²) in [4.78, 5) is 15.1. The highest BCUT2D eigenvalue weighted by Gasteiger charge is 2.10. The average Bonchev–Trinajstić information content (AvgIpc) is 2.17. The van der Waals surface area contributed by atoms with Crippen LogP contribution in [0.25, 0.3) is 0 Å². The normalized spacial score (nSPS) is 12.2. The molecule has 69 valence electrons. The van der Waals surface area contributed by atoms with E-state index in [1.165, 1.54) is 6.20 Å². The second-order valence-corrected chi connectivity index (χ2v) is 2.55. The summed E-state index contributed by atoms with van der Waals surface area (Å²) in [5.41, 5.74) is 8.09. The molecule has 1 heterocycles. The van der Waals surface area contributed by atoms with Gasteiger partial charge in [0.15, 0.2) is 5.78 Å². The van der Waals surface area contributed by atoms with Crippen LogP contribution in [0.15, 0.2) is 18.3 Å². The second kappa shape index (κ2) is 3.97. The molecule has 0 spiro atoms. The van der Waals surface area contributed by atoms with Crippen molar-refractivity contribution in [2.45, 2.75) is 6.04 Å². The Labute approximate surface area is 76.1 Å². The highest BCUT2D eigenvalue weighted by Crippen LogP contribution is 2.05. The summed E-state index contributed by atoms with van der Waals surface area (Å²) in [7, 11) is 0. The molecule has 5 heteroatoms. The van der Waals surface area contributed by atoms with Crippen LogP contribution in [-0.2, 0) is 0 Å². The molecule has 5 nitrogen and oxygen atoms in total. The number of carbonyl (C=O) groups excluding carboxylic acids is 1. The Hall–Kier alpha value is -1.46. The van der Waals surface area contributed by atoms with Gasteiger partial charge in [-0.2, -0.15) is 0 Å². The van der Waals surface area contributed by atoms with Crippen molar-refractivity contribution in [3.8, 4) is 0 Å². The SMILES string of the molecule is [CH2]C(N)C(=O)c1ccc(NN)nc1. The van der Waals surface area contributed by atoms with Crippen LogP contribution in [0, 0.1) is 6.92 Å². The second-order valence-electron chi connectivity index (χ2n) is 2.55. The lowest BCUT2D eigenvalue weighted by molar-refractivity contribution is 0.0976. The molecule has 1 unspecified atom stereocenters. The maximum atomic E-state index is 11.3. The molecular formula is C8H11N4O. The third kappa shape index (κ3) is 2.24. The average molecular weight is 179 g/mol. The van der Waals surface area contributed by atoms with Crippen molar-refractivity contribution in [3.63, 3.8) is 0 Å². The van der Waals surface area contributed by atoms with Gasteiger partial charge in [-0.25, -0.2) is 10.8 Å². The number of aromatic nitrogens is 1. The molecule has 0 saturated heterocycles. The molecule has 1 rings (SSSR count). The van der Waals surface area contributed by atoms with Crippen LogP contribution in [-0.4, -0.2) is 16.8 Å². The Morgan fingerprint density at radius 2 is 2.31 bits per heavy atom. The summed E-state index contributed by atoms with van der Waals surface area (Å²) >= 11 is 0. The monoisotopic (exact) mass is 179 g/mol. The van der Waals surface area contributed by atoms with Gasteiger partial charge >= 0.3 is 0 Å². The predicted octanol–water partition coefficient (Wildman–Crippen LogP) is -0.289. The van der Waals surface area contributed by atoms with Crippen molar-refractivity contribution >= 4 is 11.6 Å². The van der Waals surface area contributed by atoms with Crippen LogP contribution in [0.1, 0.15) is 10.4 Å². The Bertz CT molecular complexity index is 294. The number of hydrazine groups is 1. The molecule has 0 aromatic carbocycles. The summed E-state index contributed by atoms with van der Waals surface area (Å²) in [6.45, 7) is 3.42. The Balaban J connectivity index is 2.86. The minimum atomic E-state index is -0.751. The number of nitrogen functional groups attached to an aromatic ring is 1. The van der Waals surface area contributed by atoms with Gasteiger partial charge in [-0.3, -0.25) is 4.79 Å². The zero-order valence-corrected chi connectivity index (χ0v) is 7.03. The summed E-state index contributed by atoms with van der Waals surface area (Å²) in [5.74, 6) is 5.36. The van der Waals surface area contributed by atoms with Crippen LogP contribution in [0.4, 0.5) is 5.82 Å². The van der Waals surface area contributed by atoms with Gasteiger partial charge < -0.3 is 11.2 Å². The maximum Gasteiger partial charge on any atom is 0.181 e. The van der Waals surface area contributed by atoms with E-state index in [1.807, 2.05) is 0 Å². The van der Waals surface area contributed by atoms with Crippen molar-refractivity contribution in [3.05, 3.63) is 30.8 Å². The van der Waals surface area contributed by atoms with Crippen molar-refractivity contribution < 1.29 is 4.79 Å². The van der Waals surface area contributed by atoms with E-state index in [-0.39, 0.29) is 5.78 Å². The highest BCUT2D eigenvalue weighted by atomic mass is 16.1. The zero-order valence-electron chi connectivity index (χ0n) is 7.03. The van der Waals surface area contributed by atoms with Gasteiger partial charge in [0.2, 0.25) is 0 Å². The van der Waals surface area contributed by atoms with Crippen molar-refractivity contribution in [1.29, 1.82) is 0 Å².